The first-order valence-electron chi connectivity index (χ1n) is 6.26. The predicted octanol–water partition coefficient (Wildman–Crippen LogP) is -2.75. The Labute approximate surface area is 143 Å². The van der Waals surface area contributed by atoms with Crippen LogP contribution in [0.2, 0.25) is 0 Å². The molecule has 1 aliphatic rings. The Balaban J connectivity index is 0.00000220. The average Bonchev–Trinajstić information content (AvgIpc) is 2.84. The van der Waals surface area contributed by atoms with Gasteiger partial charge in [0.25, 0.3) is 5.56 Å². The number of aliphatic hydroxyl groups excluding tert-OH is 3. The first kappa shape index (κ1) is 18.2. The van der Waals surface area contributed by atoms with Gasteiger partial charge in [0.2, 0.25) is 5.95 Å². The molecule has 21 heavy (non-hydrogen) atoms. The molecule has 1 aromatic heterocycles. The molecule has 0 unspecified atom stereocenters. The van der Waals surface area contributed by atoms with Crippen molar-refractivity contribution in [3.8, 4) is 0 Å². The Bertz CT molecular complexity index is 526. The molecule has 0 radical (unpaired) electrons. The molecule has 0 spiro atoms. The second kappa shape index (κ2) is 7.43. The van der Waals surface area contributed by atoms with E-state index in [-0.39, 0.29) is 60.9 Å². The molecule has 7 N–H and O–H groups in total. The second-order valence-corrected chi connectivity index (χ2v) is 4.97. The van der Waals surface area contributed by atoms with Gasteiger partial charge in [0.15, 0.2) is 5.82 Å². The molecule has 1 aromatic rings. The number of nitrogens with two attached hydrogens (primary N) is 1. The molecular formula is C11H20N5NaO4. The molecule has 0 atom stereocenters. The van der Waals surface area contributed by atoms with Gasteiger partial charge in [-0.25, -0.2) is 0 Å². The first-order valence-corrected chi connectivity index (χ1v) is 6.26. The maximum absolute atomic E-state index is 11.7. The van der Waals surface area contributed by atoms with Gasteiger partial charge in [-0.1, -0.05) is 0 Å². The standard InChI is InChI=1S/C11H19N5O4.Na.H/c12-10-14-8-7(9(20)15-10)13-6-16(8)2-1-11(3-17,4-18)5-19;;/h13,17-19H,1-6H2,(H3,12,14,15,20);;. The van der Waals surface area contributed by atoms with Crippen LogP contribution in [-0.2, 0) is 0 Å². The summed E-state index contributed by atoms with van der Waals surface area (Å²) < 4.78 is 0. The van der Waals surface area contributed by atoms with Crippen molar-refractivity contribution >= 4 is 47.0 Å². The normalized spacial score (nSPS) is 13.6. The maximum atomic E-state index is 11.7. The predicted molar refractivity (Wildman–Crippen MR) is 80.6 cm³/mol. The SMILES string of the molecule is Nc1nc2c(c(=O)[nH]1)NCN2CCC(CO)(CO)CO.[NaH]. The fraction of sp³-hybridized carbons (Fsp3) is 0.636. The molecule has 1 aliphatic heterocycles. The van der Waals surface area contributed by atoms with E-state index in [9.17, 15) is 20.1 Å². The van der Waals surface area contributed by atoms with Crippen LogP contribution in [0.4, 0.5) is 17.5 Å². The number of hydrogen-bond acceptors (Lipinski definition) is 8. The third-order valence-corrected chi connectivity index (χ3v) is 3.58. The minimum absolute atomic E-state index is 0. The molecule has 114 valence electrons. The van der Waals surface area contributed by atoms with Crippen LogP contribution in [0.15, 0.2) is 4.79 Å². The van der Waals surface area contributed by atoms with E-state index >= 15 is 0 Å². The van der Waals surface area contributed by atoms with E-state index in [2.05, 4.69) is 15.3 Å². The van der Waals surface area contributed by atoms with E-state index < -0.39 is 5.41 Å². The van der Waals surface area contributed by atoms with Crippen LogP contribution < -0.4 is 21.5 Å². The molecule has 0 aliphatic carbocycles. The quantitative estimate of drug-likeness (QED) is 0.310. The molecule has 0 bridgehead atoms. The Morgan fingerprint density at radius 2 is 1.90 bits per heavy atom. The van der Waals surface area contributed by atoms with Gasteiger partial charge < -0.3 is 31.3 Å². The van der Waals surface area contributed by atoms with Crippen molar-refractivity contribution in [2.24, 2.45) is 5.41 Å². The number of aromatic nitrogens is 2. The topological polar surface area (TPSA) is 148 Å². The zero-order valence-corrected chi connectivity index (χ0v) is 11.0. The summed E-state index contributed by atoms with van der Waals surface area (Å²) in [5.41, 5.74) is 4.57. The van der Waals surface area contributed by atoms with Gasteiger partial charge in [-0.05, 0) is 6.42 Å². The summed E-state index contributed by atoms with van der Waals surface area (Å²) >= 11 is 0. The number of anilines is 3. The van der Waals surface area contributed by atoms with E-state index in [4.69, 9.17) is 5.73 Å². The number of nitrogen functional groups attached to an aromatic ring is 1. The third-order valence-electron chi connectivity index (χ3n) is 3.58. The number of nitrogens with zero attached hydrogens (tertiary/aromatic N) is 2. The number of fused-ring (bicyclic) bond motifs is 1. The second-order valence-electron chi connectivity index (χ2n) is 4.97. The summed E-state index contributed by atoms with van der Waals surface area (Å²) in [5.74, 6) is 0.467. The molecule has 2 heterocycles. The summed E-state index contributed by atoms with van der Waals surface area (Å²) in [4.78, 5) is 19.9. The summed E-state index contributed by atoms with van der Waals surface area (Å²) in [6.07, 6.45) is 0.353. The molecule has 0 fully saturated rings. The van der Waals surface area contributed by atoms with Crippen LogP contribution in [0.1, 0.15) is 6.42 Å². The van der Waals surface area contributed by atoms with Gasteiger partial charge in [0.05, 0.1) is 26.5 Å². The van der Waals surface area contributed by atoms with Crippen LogP contribution in [0.25, 0.3) is 0 Å². The Morgan fingerprint density at radius 1 is 1.29 bits per heavy atom. The van der Waals surface area contributed by atoms with Gasteiger partial charge in [-0.3, -0.25) is 9.78 Å². The van der Waals surface area contributed by atoms with Gasteiger partial charge >= 0.3 is 29.6 Å². The van der Waals surface area contributed by atoms with Crippen molar-refractivity contribution < 1.29 is 15.3 Å². The van der Waals surface area contributed by atoms with Crippen LogP contribution in [0, 0.1) is 5.41 Å². The Hall–Kier alpha value is -0.840. The third kappa shape index (κ3) is 3.68. The summed E-state index contributed by atoms with van der Waals surface area (Å²) in [6.45, 7) is -0.165. The van der Waals surface area contributed by atoms with Gasteiger partial charge in [-0.15, -0.1) is 0 Å². The Morgan fingerprint density at radius 3 is 2.48 bits per heavy atom. The van der Waals surface area contributed by atoms with E-state index in [1.165, 1.54) is 0 Å². The monoisotopic (exact) mass is 309 g/mol. The van der Waals surface area contributed by atoms with Crippen molar-refractivity contribution in [2.45, 2.75) is 6.42 Å². The fourth-order valence-corrected chi connectivity index (χ4v) is 2.06. The van der Waals surface area contributed by atoms with Crippen molar-refractivity contribution in [2.75, 3.05) is 49.0 Å². The zero-order chi connectivity index (χ0) is 14.8. The molecule has 0 saturated carbocycles. The van der Waals surface area contributed by atoms with E-state index in [1.807, 2.05) is 0 Å². The Kier molecular flexibility index (Phi) is 6.44. The summed E-state index contributed by atoms with van der Waals surface area (Å²) in [7, 11) is 0. The van der Waals surface area contributed by atoms with Crippen molar-refractivity contribution in [3.63, 3.8) is 0 Å². The molecule has 0 saturated heterocycles. The van der Waals surface area contributed by atoms with E-state index in [1.54, 1.807) is 4.90 Å². The summed E-state index contributed by atoms with van der Waals surface area (Å²) in [6, 6.07) is 0. The van der Waals surface area contributed by atoms with Gasteiger partial charge in [0.1, 0.15) is 5.69 Å². The van der Waals surface area contributed by atoms with Crippen molar-refractivity contribution in [1.29, 1.82) is 0 Å². The van der Waals surface area contributed by atoms with Crippen molar-refractivity contribution in [3.05, 3.63) is 10.4 Å². The van der Waals surface area contributed by atoms with Crippen LogP contribution in [0.5, 0.6) is 0 Å². The van der Waals surface area contributed by atoms with Gasteiger partial charge in [-0.2, -0.15) is 4.98 Å². The number of hydrogen-bond donors (Lipinski definition) is 6. The molecule has 2 rings (SSSR count). The first-order chi connectivity index (χ1) is 9.55. The van der Waals surface area contributed by atoms with Crippen LogP contribution in [-0.4, -0.2) is 87.9 Å². The average molecular weight is 309 g/mol. The van der Waals surface area contributed by atoms with Crippen molar-refractivity contribution in [1.82, 2.24) is 9.97 Å². The molecule has 9 nitrogen and oxygen atoms in total. The number of aliphatic hydroxyl groups is 3. The fourth-order valence-electron chi connectivity index (χ4n) is 2.06. The number of aromatic amines is 1. The zero-order valence-electron chi connectivity index (χ0n) is 11.0. The number of rotatable bonds is 6. The number of nitrogens with one attached hydrogen (secondary N) is 2. The molecule has 10 heteroatoms. The summed E-state index contributed by atoms with van der Waals surface area (Å²) in [5, 5.41) is 30.8. The number of H-pyrrole nitrogens is 1. The van der Waals surface area contributed by atoms with E-state index in [0.29, 0.717) is 31.1 Å². The van der Waals surface area contributed by atoms with Crippen LogP contribution >= 0.6 is 0 Å². The minimum atomic E-state index is -0.949. The molecular weight excluding hydrogens is 289 g/mol. The molecule has 0 aromatic carbocycles. The molecule has 0 amide bonds. The van der Waals surface area contributed by atoms with E-state index in [0.717, 1.165) is 0 Å². The van der Waals surface area contributed by atoms with Gasteiger partial charge in [0, 0.05) is 12.0 Å². The van der Waals surface area contributed by atoms with Crippen LogP contribution in [0.3, 0.4) is 0 Å².